The maximum Gasteiger partial charge on any atom is 0.108 e. The Morgan fingerprint density at radius 2 is 1.92 bits per heavy atom. The van der Waals surface area contributed by atoms with Crippen LogP contribution in [0.1, 0.15) is 33.1 Å². The molecule has 0 saturated carbocycles. The van der Waals surface area contributed by atoms with Crippen LogP contribution in [0, 0.1) is 0 Å². The lowest BCUT2D eigenvalue weighted by atomic mass is 9.83. The van der Waals surface area contributed by atoms with E-state index in [1.807, 2.05) is 0 Å². The Morgan fingerprint density at radius 3 is 2.31 bits per heavy atom. The first-order valence-corrected chi connectivity index (χ1v) is 4.92. The zero-order valence-corrected chi connectivity index (χ0v) is 8.82. The van der Waals surface area contributed by atoms with Crippen molar-refractivity contribution in [2.75, 3.05) is 20.2 Å². The first-order chi connectivity index (χ1) is 5.97. The lowest BCUT2D eigenvalue weighted by Crippen LogP contribution is -2.46. The molecule has 1 N–H and O–H groups in total. The Balaban J connectivity index is 2.57. The van der Waals surface area contributed by atoms with Crippen molar-refractivity contribution in [3.05, 3.63) is 0 Å². The van der Waals surface area contributed by atoms with Crippen molar-refractivity contribution in [2.45, 2.75) is 44.4 Å². The summed E-state index contributed by atoms with van der Waals surface area (Å²) >= 11 is 0. The van der Waals surface area contributed by atoms with Crippen LogP contribution in [-0.4, -0.2) is 31.5 Å². The van der Waals surface area contributed by atoms with Gasteiger partial charge in [0.1, 0.15) is 5.67 Å². The van der Waals surface area contributed by atoms with E-state index in [1.165, 1.54) is 0 Å². The zero-order valence-electron chi connectivity index (χ0n) is 8.82. The van der Waals surface area contributed by atoms with Gasteiger partial charge in [-0.2, -0.15) is 0 Å². The Kier molecular flexibility index (Phi) is 3.30. The topological polar surface area (TPSA) is 21.3 Å². The van der Waals surface area contributed by atoms with Crippen LogP contribution < -0.4 is 5.32 Å². The summed E-state index contributed by atoms with van der Waals surface area (Å²) in [6.45, 7) is 5.11. The highest BCUT2D eigenvalue weighted by Crippen LogP contribution is 2.33. The van der Waals surface area contributed by atoms with E-state index < -0.39 is 5.67 Å². The standard InChI is InChI=1S/C10H20FNO/c1-9(2,11)8-10(13-3)4-6-12-7-5-10/h12H,4-8H2,1-3H3. The summed E-state index contributed by atoms with van der Waals surface area (Å²) in [7, 11) is 1.69. The van der Waals surface area contributed by atoms with E-state index in [-0.39, 0.29) is 5.60 Å². The lowest BCUT2D eigenvalue weighted by Gasteiger charge is -2.39. The summed E-state index contributed by atoms with van der Waals surface area (Å²) < 4.78 is 19.0. The zero-order chi connectivity index (χ0) is 9.95. The number of ether oxygens (including phenoxy) is 1. The molecule has 0 amide bonds. The van der Waals surface area contributed by atoms with E-state index in [2.05, 4.69) is 5.32 Å². The highest BCUT2D eigenvalue weighted by atomic mass is 19.1. The van der Waals surface area contributed by atoms with E-state index in [0.717, 1.165) is 25.9 Å². The number of hydrogen-bond acceptors (Lipinski definition) is 2. The van der Waals surface area contributed by atoms with Gasteiger partial charge < -0.3 is 10.1 Å². The van der Waals surface area contributed by atoms with E-state index in [1.54, 1.807) is 21.0 Å². The van der Waals surface area contributed by atoms with Crippen LogP contribution in [0.2, 0.25) is 0 Å². The van der Waals surface area contributed by atoms with Gasteiger partial charge in [0.15, 0.2) is 0 Å². The Hall–Kier alpha value is -0.150. The fourth-order valence-corrected chi connectivity index (χ4v) is 2.10. The minimum Gasteiger partial charge on any atom is -0.378 e. The van der Waals surface area contributed by atoms with Crippen LogP contribution in [0.5, 0.6) is 0 Å². The third-order valence-corrected chi connectivity index (χ3v) is 2.69. The predicted molar refractivity (Wildman–Crippen MR) is 51.6 cm³/mol. The maximum absolute atomic E-state index is 13.5. The largest absolute Gasteiger partial charge is 0.378 e. The molecule has 78 valence electrons. The molecule has 0 atom stereocenters. The van der Waals surface area contributed by atoms with Crippen LogP contribution in [-0.2, 0) is 4.74 Å². The number of alkyl halides is 1. The highest BCUT2D eigenvalue weighted by Gasteiger charge is 2.37. The SMILES string of the molecule is COC1(CC(C)(C)F)CCNCC1. The monoisotopic (exact) mass is 189 g/mol. The highest BCUT2D eigenvalue weighted by molar-refractivity contribution is 4.91. The van der Waals surface area contributed by atoms with Crippen molar-refractivity contribution in [1.29, 1.82) is 0 Å². The Bertz CT molecular complexity index is 159. The number of piperidine rings is 1. The van der Waals surface area contributed by atoms with Gasteiger partial charge in [0, 0.05) is 13.5 Å². The summed E-state index contributed by atoms with van der Waals surface area (Å²) in [4.78, 5) is 0. The van der Waals surface area contributed by atoms with Gasteiger partial charge in [0.2, 0.25) is 0 Å². The van der Waals surface area contributed by atoms with Gasteiger partial charge in [-0.05, 0) is 39.8 Å². The van der Waals surface area contributed by atoms with Crippen LogP contribution >= 0.6 is 0 Å². The molecule has 0 radical (unpaired) electrons. The molecule has 0 aromatic heterocycles. The third-order valence-electron chi connectivity index (χ3n) is 2.69. The number of methoxy groups -OCH3 is 1. The van der Waals surface area contributed by atoms with Crippen LogP contribution in [0.3, 0.4) is 0 Å². The van der Waals surface area contributed by atoms with Gasteiger partial charge in [0.25, 0.3) is 0 Å². The third kappa shape index (κ3) is 3.24. The molecule has 2 nitrogen and oxygen atoms in total. The van der Waals surface area contributed by atoms with Crippen molar-refractivity contribution in [3.8, 4) is 0 Å². The fourth-order valence-electron chi connectivity index (χ4n) is 2.10. The average molecular weight is 189 g/mol. The summed E-state index contributed by atoms with van der Waals surface area (Å²) in [5.41, 5.74) is -1.36. The van der Waals surface area contributed by atoms with E-state index >= 15 is 0 Å². The first-order valence-electron chi connectivity index (χ1n) is 4.92. The first kappa shape index (κ1) is 10.9. The van der Waals surface area contributed by atoms with Crippen LogP contribution in [0.15, 0.2) is 0 Å². The van der Waals surface area contributed by atoms with E-state index in [9.17, 15) is 4.39 Å². The molecule has 3 heteroatoms. The maximum atomic E-state index is 13.5. The van der Waals surface area contributed by atoms with E-state index in [4.69, 9.17) is 4.74 Å². The normalized spacial score (nSPS) is 23.1. The predicted octanol–water partition coefficient (Wildman–Crippen LogP) is 1.89. The molecule has 1 rings (SSSR count). The van der Waals surface area contributed by atoms with Crippen molar-refractivity contribution in [1.82, 2.24) is 5.32 Å². The number of rotatable bonds is 3. The number of nitrogens with one attached hydrogen (secondary N) is 1. The quantitative estimate of drug-likeness (QED) is 0.732. The summed E-state index contributed by atoms with van der Waals surface area (Å²) in [5.74, 6) is 0. The van der Waals surface area contributed by atoms with Gasteiger partial charge >= 0.3 is 0 Å². The minimum absolute atomic E-state index is 0.233. The molecule has 0 aromatic rings. The van der Waals surface area contributed by atoms with Crippen molar-refractivity contribution < 1.29 is 9.13 Å². The molecule has 0 spiro atoms. The van der Waals surface area contributed by atoms with Gasteiger partial charge in [-0.15, -0.1) is 0 Å². The lowest BCUT2D eigenvalue weighted by molar-refractivity contribution is -0.0689. The fraction of sp³-hybridized carbons (Fsp3) is 1.00. The second-order valence-corrected chi connectivity index (χ2v) is 4.53. The second kappa shape index (κ2) is 3.93. The van der Waals surface area contributed by atoms with Gasteiger partial charge in [0.05, 0.1) is 5.60 Å². The van der Waals surface area contributed by atoms with E-state index in [0.29, 0.717) is 6.42 Å². The molecule has 0 aromatic carbocycles. The molecule has 1 heterocycles. The van der Waals surface area contributed by atoms with Crippen LogP contribution in [0.25, 0.3) is 0 Å². The van der Waals surface area contributed by atoms with Gasteiger partial charge in [-0.3, -0.25) is 0 Å². The molecule has 1 saturated heterocycles. The molecule has 0 bridgehead atoms. The second-order valence-electron chi connectivity index (χ2n) is 4.53. The number of hydrogen-bond donors (Lipinski definition) is 1. The molecular weight excluding hydrogens is 169 g/mol. The molecule has 1 fully saturated rings. The van der Waals surface area contributed by atoms with Gasteiger partial charge in [-0.25, -0.2) is 4.39 Å². The van der Waals surface area contributed by atoms with Gasteiger partial charge in [-0.1, -0.05) is 0 Å². The van der Waals surface area contributed by atoms with Crippen molar-refractivity contribution in [2.24, 2.45) is 0 Å². The minimum atomic E-state index is -1.13. The summed E-state index contributed by atoms with van der Waals surface area (Å²) in [5, 5.41) is 3.26. The summed E-state index contributed by atoms with van der Waals surface area (Å²) in [6.07, 6.45) is 2.33. The molecular formula is C10H20FNO. The molecule has 0 aliphatic carbocycles. The molecule has 13 heavy (non-hydrogen) atoms. The molecule has 1 aliphatic rings. The Morgan fingerprint density at radius 1 is 1.38 bits per heavy atom. The Labute approximate surface area is 79.8 Å². The van der Waals surface area contributed by atoms with Crippen molar-refractivity contribution in [3.63, 3.8) is 0 Å². The number of halogens is 1. The average Bonchev–Trinajstić information content (AvgIpc) is 2.03. The van der Waals surface area contributed by atoms with Crippen molar-refractivity contribution >= 4 is 0 Å². The summed E-state index contributed by atoms with van der Waals surface area (Å²) in [6, 6.07) is 0. The molecule has 0 unspecified atom stereocenters. The smallest absolute Gasteiger partial charge is 0.108 e. The van der Waals surface area contributed by atoms with Crippen LogP contribution in [0.4, 0.5) is 4.39 Å². The molecule has 1 aliphatic heterocycles.